The molecule has 4 nitrogen and oxygen atoms in total. The Hall–Kier alpha value is -1.72. The van der Waals surface area contributed by atoms with Gasteiger partial charge in [-0.05, 0) is 71.4 Å². The number of rotatable bonds is 5. The standard InChI is InChI=1S/C26H39NS.C3H8N2O/c1-18-24(28)16-23(27(18)17-19-11-9-8-10-12-19)20-13-21(25(2,3)4)15-22(14-20)26(5,6)7;4-2-1-3(5)6/h13-16,19,28H,8-12,17H2,1-7H3;1-2,4H2,(H2,5,6). The van der Waals surface area contributed by atoms with Crippen LogP contribution in [0, 0.1) is 12.8 Å². The summed E-state index contributed by atoms with van der Waals surface area (Å²) in [5.41, 5.74) is 16.7. The minimum absolute atomic E-state index is 0.135. The molecule has 0 unspecified atom stereocenters. The smallest absolute Gasteiger partial charge is 0.218 e. The van der Waals surface area contributed by atoms with E-state index in [1.807, 2.05) is 0 Å². The van der Waals surface area contributed by atoms with Gasteiger partial charge in [-0.25, -0.2) is 0 Å². The van der Waals surface area contributed by atoms with Gasteiger partial charge >= 0.3 is 0 Å². The van der Waals surface area contributed by atoms with E-state index in [1.54, 1.807) is 0 Å². The van der Waals surface area contributed by atoms with Crippen LogP contribution in [-0.4, -0.2) is 17.0 Å². The van der Waals surface area contributed by atoms with Gasteiger partial charge in [-0.1, -0.05) is 66.9 Å². The molecule has 5 heteroatoms. The zero-order valence-electron chi connectivity index (χ0n) is 22.5. The number of nitrogens with two attached hydrogens (primary N) is 2. The molecule has 34 heavy (non-hydrogen) atoms. The van der Waals surface area contributed by atoms with Crippen LogP contribution in [0.15, 0.2) is 29.2 Å². The van der Waals surface area contributed by atoms with E-state index in [1.165, 1.54) is 60.2 Å². The molecule has 1 amide bonds. The number of nitrogens with zero attached hydrogens (tertiary/aromatic N) is 1. The fraction of sp³-hybridized carbons (Fsp3) is 0.621. The lowest BCUT2D eigenvalue weighted by Crippen LogP contribution is -2.18. The molecular weight excluding hydrogens is 438 g/mol. The van der Waals surface area contributed by atoms with Crippen LogP contribution in [0.3, 0.4) is 0 Å². The van der Waals surface area contributed by atoms with Crippen LogP contribution < -0.4 is 11.5 Å². The summed E-state index contributed by atoms with van der Waals surface area (Å²) in [6.07, 6.45) is 7.22. The molecule has 1 aliphatic rings. The van der Waals surface area contributed by atoms with E-state index in [2.05, 4.69) is 83.0 Å². The molecule has 0 aliphatic heterocycles. The van der Waals surface area contributed by atoms with Crippen LogP contribution in [0.2, 0.25) is 0 Å². The third-order valence-electron chi connectivity index (χ3n) is 6.86. The number of thiol groups is 1. The summed E-state index contributed by atoms with van der Waals surface area (Å²) in [6.45, 7) is 17.6. The minimum Gasteiger partial charge on any atom is -0.370 e. The van der Waals surface area contributed by atoms with Crippen molar-refractivity contribution in [2.75, 3.05) is 6.54 Å². The van der Waals surface area contributed by atoms with Gasteiger partial charge in [0, 0.05) is 35.8 Å². The number of amides is 1. The van der Waals surface area contributed by atoms with E-state index >= 15 is 0 Å². The van der Waals surface area contributed by atoms with Crippen LogP contribution in [0.5, 0.6) is 0 Å². The number of primary amides is 1. The monoisotopic (exact) mass is 485 g/mol. The van der Waals surface area contributed by atoms with Crippen LogP contribution in [0.1, 0.15) is 96.9 Å². The maximum atomic E-state index is 9.74. The van der Waals surface area contributed by atoms with Crippen LogP contribution >= 0.6 is 12.6 Å². The highest BCUT2D eigenvalue weighted by molar-refractivity contribution is 7.80. The number of carbonyl (C=O) groups is 1. The van der Waals surface area contributed by atoms with Crippen molar-refractivity contribution in [2.24, 2.45) is 17.4 Å². The molecule has 0 atom stereocenters. The summed E-state index contributed by atoms with van der Waals surface area (Å²) in [5.74, 6) is 0.469. The Morgan fingerprint density at radius 2 is 1.50 bits per heavy atom. The van der Waals surface area contributed by atoms with Crippen LogP contribution in [0.25, 0.3) is 11.3 Å². The fourth-order valence-electron chi connectivity index (χ4n) is 4.52. The van der Waals surface area contributed by atoms with Crippen molar-refractivity contribution >= 4 is 18.5 Å². The highest BCUT2D eigenvalue weighted by Crippen LogP contribution is 2.37. The van der Waals surface area contributed by atoms with Gasteiger partial charge in [0.2, 0.25) is 5.91 Å². The lowest BCUT2D eigenvalue weighted by molar-refractivity contribution is -0.117. The van der Waals surface area contributed by atoms with Crippen molar-refractivity contribution in [1.82, 2.24) is 4.57 Å². The first-order valence-electron chi connectivity index (χ1n) is 12.8. The molecule has 0 spiro atoms. The Morgan fingerprint density at radius 3 is 1.91 bits per heavy atom. The van der Waals surface area contributed by atoms with E-state index < -0.39 is 0 Å². The Labute approximate surface area is 213 Å². The number of hydrogen-bond donors (Lipinski definition) is 3. The number of carbonyl (C=O) groups excluding carboxylic acids is 1. The summed E-state index contributed by atoms with van der Waals surface area (Å²) in [6, 6.07) is 9.52. The molecule has 0 saturated heterocycles. The van der Waals surface area contributed by atoms with E-state index in [0.717, 1.165) is 17.4 Å². The van der Waals surface area contributed by atoms with Gasteiger partial charge in [0.15, 0.2) is 0 Å². The molecule has 1 saturated carbocycles. The molecule has 1 aromatic carbocycles. The predicted molar refractivity (Wildman–Crippen MR) is 149 cm³/mol. The van der Waals surface area contributed by atoms with Gasteiger partial charge in [0.25, 0.3) is 0 Å². The molecule has 0 bridgehead atoms. The van der Waals surface area contributed by atoms with E-state index in [0.29, 0.717) is 13.0 Å². The number of hydrogen-bond acceptors (Lipinski definition) is 3. The second kappa shape index (κ2) is 11.8. The molecule has 0 radical (unpaired) electrons. The van der Waals surface area contributed by atoms with Gasteiger partial charge < -0.3 is 16.0 Å². The quantitative estimate of drug-likeness (QED) is 0.410. The van der Waals surface area contributed by atoms with E-state index in [9.17, 15) is 4.79 Å². The molecule has 1 aliphatic carbocycles. The van der Waals surface area contributed by atoms with Crippen molar-refractivity contribution in [3.05, 3.63) is 41.1 Å². The Balaban J connectivity index is 0.000000604. The molecule has 190 valence electrons. The van der Waals surface area contributed by atoms with Crippen molar-refractivity contribution in [3.8, 4) is 11.3 Å². The van der Waals surface area contributed by atoms with E-state index in [-0.39, 0.29) is 16.7 Å². The first-order valence-corrected chi connectivity index (χ1v) is 13.2. The lowest BCUT2D eigenvalue weighted by Gasteiger charge is -2.27. The first-order chi connectivity index (χ1) is 15.7. The summed E-state index contributed by atoms with van der Waals surface area (Å²) in [4.78, 5) is 10.9. The number of benzene rings is 1. The molecule has 4 N–H and O–H groups in total. The maximum Gasteiger partial charge on any atom is 0.218 e. The number of aromatic nitrogens is 1. The third kappa shape index (κ3) is 7.91. The van der Waals surface area contributed by atoms with Gasteiger partial charge in [-0.3, -0.25) is 4.79 Å². The molecule has 2 aromatic rings. The highest BCUT2D eigenvalue weighted by atomic mass is 32.1. The zero-order chi connectivity index (χ0) is 25.7. The molecule has 1 heterocycles. The average molecular weight is 486 g/mol. The molecule has 1 fully saturated rings. The van der Waals surface area contributed by atoms with Gasteiger partial charge in [0.1, 0.15) is 0 Å². The Kier molecular flexibility index (Phi) is 9.91. The van der Waals surface area contributed by atoms with Crippen molar-refractivity contribution in [3.63, 3.8) is 0 Å². The summed E-state index contributed by atoms with van der Waals surface area (Å²) >= 11 is 4.80. The molecule has 1 aromatic heterocycles. The SMILES string of the molecule is Cc1c(S)cc(-c2cc(C(C)(C)C)cc(C(C)(C)C)c2)n1CC1CCCCC1.NCCC(N)=O. The summed E-state index contributed by atoms with van der Waals surface area (Å²) in [7, 11) is 0. The second-order valence-corrected chi connectivity index (χ2v) is 12.4. The van der Waals surface area contributed by atoms with Gasteiger partial charge in [0.05, 0.1) is 0 Å². The summed E-state index contributed by atoms with van der Waals surface area (Å²) in [5, 5.41) is 0. The zero-order valence-corrected chi connectivity index (χ0v) is 23.4. The average Bonchev–Trinajstić information content (AvgIpc) is 3.02. The fourth-order valence-corrected chi connectivity index (χ4v) is 4.76. The Morgan fingerprint density at radius 1 is 0.971 bits per heavy atom. The largest absolute Gasteiger partial charge is 0.370 e. The van der Waals surface area contributed by atoms with E-state index in [4.69, 9.17) is 18.4 Å². The second-order valence-electron chi connectivity index (χ2n) is 11.9. The lowest BCUT2D eigenvalue weighted by atomic mass is 9.79. The third-order valence-corrected chi connectivity index (χ3v) is 7.31. The van der Waals surface area contributed by atoms with Crippen LogP contribution in [0.4, 0.5) is 0 Å². The topological polar surface area (TPSA) is 74.0 Å². The van der Waals surface area contributed by atoms with Crippen LogP contribution in [-0.2, 0) is 22.2 Å². The molecule has 3 rings (SSSR count). The first kappa shape index (κ1) is 28.5. The maximum absolute atomic E-state index is 9.74. The molecular formula is C29H47N3OS. The Bertz CT molecular complexity index is 925. The highest BCUT2D eigenvalue weighted by Gasteiger charge is 2.23. The van der Waals surface area contributed by atoms with Gasteiger partial charge in [-0.2, -0.15) is 0 Å². The minimum atomic E-state index is -0.336. The normalized spacial score (nSPS) is 15.1. The summed E-state index contributed by atoms with van der Waals surface area (Å²) < 4.78 is 2.55. The van der Waals surface area contributed by atoms with Gasteiger partial charge in [-0.15, -0.1) is 12.6 Å². The van der Waals surface area contributed by atoms with Crippen molar-refractivity contribution in [1.29, 1.82) is 0 Å². The van der Waals surface area contributed by atoms with Crippen molar-refractivity contribution in [2.45, 2.75) is 109 Å². The van der Waals surface area contributed by atoms with Crippen molar-refractivity contribution < 1.29 is 4.79 Å². The predicted octanol–water partition coefficient (Wildman–Crippen LogP) is 6.75.